The molecule has 0 aromatic rings. The van der Waals surface area contributed by atoms with Gasteiger partial charge in [-0.3, -0.25) is 0 Å². The summed E-state index contributed by atoms with van der Waals surface area (Å²) in [6.45, 7) is 8.00. The molecule has 0 heterocycles. The summed E-state index contributed by atoms with van der Waals surface area (Å²) < 4.78 is 0. The van der Waals surface area contributed by atoms with Crippen LogP contribution in [0.3, 0.4) is 0 Å². The van der Waals surface area contributed by atoms with E-state index in [1.807, 2.05) is 40.5 Å². The molecule has 0 rings (SSSR count). The molecule has 0 aliphatic carbocycles. The van der Waals surface area contributed by atoms with Gasteiger partial charge >= 0.3 is 46.1 Å². The second-order valence-corrected chi connectivity index (χ2v) is 1.15. The van der Waals surface area contributed by atoms with Gasteiger partial charge in [-0.25, -0.2) is 0 Å². The predicted molar refractivity (Wildman–Crippen MR) is 46.4 cm³/mol. The summed E-state index contributed by atoms with van der Waals surface area (Å²) in [5, 5.41) is 0. The van der Waals surface area contributed by atoms with Crippen molar-refractivity contribution in [2.45, 2.75) is 27.7 Å². The fourth-order valence-corrected chi connectivity index (χ4v) is 0. The minimum atomic E-state index is 0. The van der Waals surface area contributed by atoms with E-state index < -0.39 is 0 Å². The van der Waals surface area contributed by atoms with Gasteiger partial charge in [0, 0.05) is 0 Å². The van der Waals surface area contributed by atoms with Crippen molar-refractivity contribution >= 4 is 46.1 Å². The van der Waals surface area contributed by atoms with Crippen molar-refractivity contribution in [3.63, 3.8) is 0 Å². The summed E-state index contributed by atoms with van der Waals surface area (Å²) in [6.07, 6.45) is 4.00. The Hall–Kier alpha value is 2.07. The molecule has 0 spiro atoms. The third-order valence-electron chi connectivity index (χ3n) is 0. The molecular formula is C6H16Cl2Mg2O. The topological polar surface area (TPSA) is 31.5 Å². The molecule has 64 valence electrons. The van der Waals surface area contributed by atoms with Crippen LogP contribution in [0.4, 0.5) is 0 Å². The van der Waals surface area contributed by atoms with Crippen LogP contribution in [0.5, 0.6) is 0 Å². The third kappa shape index (κ3) is 285. The van der Waals surface area contributed by atoms with E-state index in [4.69, 9.17) is 0 Å². The van der Waals surface area contributed by atoms with Crippen LogP contribution in [0.1, 0.15) is 27.7 Å². The van der Waals surface area contributed by atoms with Crippen molar-refractivity contribution in [3.05, 3.63) is 12.8 Å². The Morgan fingerprint density at radius 3 is 0.636 bits per heavy atom. The molecule has 0 amide bonds. The number of rotatable bonds is 0. The van der Waals surface area contributed by atoms with Crippen LogP contribution in [0.2, 0.25) is 0 Å². The Balaban J connectivity index is -0.00000000400. The first-order valence-electron chi connectivity index (χ1n) is 2.31. The summed E-state index contributed by atoms with van der Waals surface area (Å²) in [6, 6.07) is 0. The number of hydrogen-bond donors (Lipinski definition) is 0. The summed E-state index contributed by atoms with van der Waals surface area (Å²) in [5.41, 5.74) is 0. The van der Waals surface area contributed by atoms with Gasteiger partial charge in [0.2, 0.25) is 0 Å². The second-order valence-electron chi connectivity index (χ2n) is 1.15. The average Bonchev–Trinajstić information content (AvgIpc) is 1.39. The van der Waals surface area contributed by atoms with E-state index in [1.165, 1.54) is 0 Å². The molecule has 2 N–H and O–H groups in total. The Labute approximate surface area is 116 Å². The van der Waals surface area contributed by atoms with E-state index in [0.717, 1.165) is 0 Å². The first-order chi connectivity index (χ1) is 2.83. The molecule has 5 heteroatoms. The Bertz CT molecular complexity index is 20.5. The van der Waals surface area contributed by atoms with Gasteiger partial charge in [0.1, 0.15) is 0 Å². The van der Waals surface area contributed by atoms with Crippen LogP contribution >= 0.6 is 0 Å². The van der Waals surface area contributed by atoms with Gasteiger partial charge in [0.05, 0.1) is 0 Å². The zero-order valence-electron chi connectivity index (χ0n) is 7.82. The molecule has 1 nitrogen and oxygen atoms in total. The summed E-state index contributed by atoms with van der Waals surface area (Å²) >= 11 is 0. The minimum absolute atomic E-state index is 0. The van der Waals surface area contributed by atoms with Crippen molar-refractivity contribution in [1.82, 2.24) is 0 Å². The Morgan fingerprint density at radius 2 is 0.636 bits per heavy atom. The zero-order valence-corrected chi connectivity index (χ0v) is 12.2. The van der Waals surface area contributed by atoms with Gasteiger partial charge in [-0.1, -0.05) is 0 Å². The van der Waals surface area contributed by atoms with Crippen LogP contribution < -0.4 is 24.8 Å². The van der Waals surface area contributed by atoms with E-state index in [0.29, 0.717) is 0 Å². The summed E-state index contributed by atoms with van der Waals surface area (Å²) in [7, 11) is 0. The molecule has 0 saturated heterocycles. The summed E-state index contributed by atoms with van der Waals surface area (Å²) in [5.74, 6) is 0. The van der Waals surface area contributed by atoms with Crippen LogP contribution in [-0.4, -0.2) is 51.6 Å². The molecule has 0 bridgehead atoms. The van der Waals surface area contributed by atoms with E-state index in [9.17, 15) is 0 Å². The zero-order chi connectivity index (χ0) is 5.41. The van der Waals surface area contributed by atoms with Crippen LogP contribution in [0.25, 0.3) is 0 Å². The smallest absolute Gasteiger partial charge is 1.00 e. The van der Waals surface area contributed by atoms with E-state index in [-0.39, 0.29) is 76.4 Å². The van der Waals surface area contributed by atoms with Gasteiger partial charge in [0.25, 0.3) is 0 Å². The van der Waals surface area contributed by atoms with Gasteiger partial charge < -0.3 is 43.1 Å². The number of halogens is 2. The monoisotopic (exact) mass is 222 g/mol. The van der Waals surface area contributed by atoms with Crippen LogP contribution in [-0.2, 0) is 0 Å². The van der Waals surface area contributed by atoms with Gasteiger partial charge in [-0.05, 0) is 0 Å². The van der Waals surface area contributed by atoms with Crippen molar-refractivity contribution in [2.24, 2.45) is 0 Å². The molecule has 0 fully saturated rings. The molecule has 0 aromatic carbocycles. The van der Waals surface area contributed by atoms with Gasteiger partial charge in [0.15, 0.2) is 0 Å². The van der Waals surface area contributed by atoms with Crippen molar-refractivity contribution in [2.75, 3.05) is 0 Å². The molecule has 0 atom stereocenters. The fourth-order valence-electron chi connectivity index (χ4n) is 0. The second kappa shape index (κ2) is 89.2. The first kappa shape index (κ1) is 51.7. The van der Waals surface area contributed by atoms with Gasteiger partial charge in [-0.15, -0.1) is 0 Å². The van der Waals surface area contributed by atoms with E-state index in [2.05, 4.69) is 0 Å². The van der Waals surface area contributed by atoms with E-state index in [1.54, 1.807) is 0 Å². The van der Waals surface area contributed by atoms with Crippen molar-refractivity contribution in [1.29, 1.82) is 0 Å². The molecular weight excluding hydrogens is 208 g/mol. The molecule has 0 saturated carbocycles. The van der Waals surface area contributed by atoms with Crippen molar-refractivity contribution < 1.29 is 30.3 Å². The van der Waals surface area contributed by atoms with Crippen molar-refractivity contribution in [3.8, 4) is 0 Å². The molecule has 0 aliphatic heterocycles. The Morgan fingerprint density at radius 1 is 0.636 bits per heavy atom. The van der Waals surface area contributed by atoms with E-state index >= 15 is 0 Å². The fraction of sp³-hybridized carbons (Fsp3) is 0.667. The molecule has 11 heavy (non-hydrogen) atoms. The standard InChI is InChI=1S/2C3H7.2ClH.2Mg.H2O/c2*1-3-2;;;;;/h2*3H,1-2H3;2*1H;;;1H2/q2*-1;;;2*+2;/p-2. The van der Waals surface area contributed by atoms with Crippen LogP contribution in [0.15, 0.2) is 0 Å². The van der Waals surface area contributed by atoms with Gasteiger partial charge in [-0.2, -0.15) is 27.7 Å². The maximum absolute atomic E-state index is 2.00. The largest absolute Gasteiger partial charge is 2.00 e. The first-order valence-corrected chi connectivity index (χ1v) is 2.31. The third-order valence-corrected chi connectivity index (χ3v) is 0. The maximum atomic E-state index is 2.00. The quantitative estimate of drug-likeness (QED) is 0.291. The minimum Gasteiger partial charge on any atom is -1.00 e. The maximum Gasteiger partial charge on any atom is 2.00 e. The number of hydrogen-bond acceptors (Lipinski definition) is 0. The predicted octanol–water partition coefficient (Wildman–Crippen LogP) is -5.12. The normalized spacial score (nSPS) is 3.27. The molecule has 0 radical (unpaired) electrons. The SMILES string of the molecule is C[CH-]C.C[CH-]C.O.[Cl-].[Cl-].[Mg+2].[Mg+2]. The summed E-state index contributed by atoms with van der Waals surface area (Å²) in [4.78, 5) is 0. The molecule has 0 aliphatic rings. The average molecular weight is 224 g/mol. The Kier molecular flexibility index (Phi) is 419. The molecule has 0 aromatic heterocycles. The van der Waals surface area contributed by atoms with Crippen LogP contribution in [0, 0.1) is 12.8 Å². The molecule has 0 unspecified atom stereocenters.